The van der Waals surface area contributed by atoms with Crippen LogP contribution in [0.1, 0.15) is 10.4 Å². The fourth-order valence-electron chi connectivity index (χ4n) is 0.856. The number of hydrogen-bond donors (Lipinski definition) is 0. The summed E-state index contributed by atoms with van der Waals surface area (Å²) in [6.45, 7) is 0. The number of alkyl halides is 3. The van der Waals surface area contributed by atoms with Crippen LogP contribution < -0.4 is 0 Å². The van der Waals surface area contributed by atoms with Crippen LogP contribution in [0.15, 0.2) is 22.7 Å². The maximum absolute atomic E-state index is 12.5. The van der Waals surface area contributed by atoms with Crippen LogP contribution in [-0.4, -0.2) is 11.2 Å². The van der Waals surface area contributed by atoms with Gasteiger partial charge in [-0.2, -0.15) is 8.78 Å². The van der Waals surface area contributed by atoms with Gasteiger partial charge in [0.2, 0.25) is 0 Å². The van der Waals surface area contributed by atoms with Gasteiger partial charge in [0.25, 0.3) is 5.78 Å². The standard InChI is InChI=1S/C8H3BrCl2F2O/c9-4-2-1-3-5(10)6(4)7(14)8(11,12)13/h1-3H. The summed E-state index contributed by atoms with van der Waals surface area (Å²) >= 11 is 13.1. The van der Waals surface area contributed by atoms with Gasteiger partial charge in [0, 0.05) is 4.47 Å². The highest BCUT2D eigenvalue weighted by Gasteiger charge is 2.38. The summed E-state index contributed by atoms with van der Waals surface area (Å²) < 4.78 is 25.2. The lowest BCUT2D eigenvalue weighted by Crippen LogP contribution is -2.22. The molecule has 76 valence electrons. The first-order valence-corrected chi connectivity index (χ1v) is 4.94. The zero-order valence-corrected chi connectivity index (χ0v) is 9.63. The Kier molecular flexibility index (Phi) is 3.50. The van der Waals surface area contributed by atoms with Crippen LogP contribution in [0.3, 0.4) is 0 Å². The number of hydrogen-bond acceptors (Lipinski definition) is 1. The molecule has 1 aromatic carbocycles. The maximum atomic E-state index is 12.5. The van der Waals surface area contributed by atoms with Crippen LogP contribution >= 0.6 is 39.1 Å². The molecule has 0 aliphatic carbocycles. The second kappa shape index (κ2) is 4.13. The Bertz CT molecular complexity index is 356. The number of halogens is 5. The lowest BCUT2D eigenvalue weighted by Gasteiger charge is -2.09. The Morgan fingerprint density at radius 1 is 1.43 bits per heavy atom. The second-order valence-corrected chi connectivity index (χ2v) is 4.16. The van der Waals surface area contributed by atoms with Gasteiger partial charge >= 0.3 is 5.38 Å². The summed E-state index contributed by atoms with van der Waals surface area (Å²) in [5.41, 5.74) is -0.311. The van der Waals surface area contributed by atoms with Crippen molar-refractivity contribution in [1.82, 2.24) is 0 Å². The zero-order valence-electron chi connectivity index (χ0n) is 6.53. The molecular formula is C8H3BrCl2F2O. The van der Waals surface area contributed by atoms with Crippen LogP contribution in [0.2, 0.25) is 5.02 Å². The Labute approximate surface area is 97.1 Å². The van der Waals surface area contributed by atoms with Crippen molar-refractivity contribution in [3.8, 4) is 0 Å². The summed E-state index contributed by atoms with van der Waals surface area (Å²) in [5, 5.41) is -4.00. The highest BCUT2D eigenvalue weighted by Crippen LogP contribution is 2.32. The van der Waals surface area contributed by atoms with Gasteiger partial charge in [-0.15, -0.1) is 0 Å². The van der Waals surface area contributed by atoms with Crippen LogP contribution in [0.4, 0.5) is 8.78 Å². The summed E-state index contributed by atoms with van der Waals surface area (Å²) in [5.74, 6) is -1.52. The van der Waals surface area contributed by atoms with Crippen molar-refractivity contribution in [2.45, 2.75) is 5.38 Å². The number of Topliss-reactive ketones (excluding diaryl/α,β-unsaturated/α-hetero) is 1. The highest BCUT2D eigenvalue weighted by molar-refractivity contribution is 9.10. The third-order valence-electron chi connectivity index (χ3n) is 1.45. The van der Waals surface area contributed by atoms with E-state index in [1.165, 1.54) is 18.2 Å². The first-order valence-electron chi connectivity index (χ1n) is 3.39. The van der Waals surface area contributed by atoms with E-state index in [0.717, 1.165) is 0 Å². The smallest absolute Gasteiger partial charge is 0.286 e. The Hall–Kier alpha value is -0.190. The highest BCUT2D eigenvalue weighted by atomic mass is 79.9. The van der Waals surface area contributed by atoms with E-state index in [1.54, 1.807) is 0 Å². The quantitative estimate of drug-likeness (QED) is 0.593. The first kappa shape index (κ1) is 11.9. The van der Waals surface area contributed by atoms with Gasteiger partial charge in [0.1, 0.15) is 0 Å². The van der Waals surface area contributed by atoms with Gasteiger partial charge in [0.15, 0.2) is 0 Å². The molecule has 0 heterocycles. The molecule has 0 amide bonds. The molecular weight excluding hydrogens is 301 g/mol. The van der Waals surface area contributed by atoms with Crippen molar-refractivity contribution in [3.63, 3.8) is 0 Å². The van der Waals surface area contributed by atoms with E-state index in [4.69, 9.17) is 11.6 Å². The van der Waals surface area contributed by atoms with Crippen molar-refractivity contribution in [1.29, 1.82) is 0 Å². The molecule has 0 bridgehead atoms. The molecule has 1 rings (SSSR count). The molecule has 0 aliphatic rings. The minimum atomic E-state index is -3.94. The number of carbonyl (C=O) groups is 1. The molecule has 1 aromatic rings. The van der Waals surface area contributed by atoms with Crippen molar-refractivity contribution in [3.05, 3.63) is 33.3 Å². The van der Waals surface area contributed by atoms with Crippen LogP contribution in [0, 0.1) is 0 Å². The summed E-state index contributed by atoms with van der Waals surface area (Å²) in [4.78, 5) is 11.1. The molecule has 0 N–H and O–H groups in total. The minimum Gasteiger partial charge on any atom is -0.286 e. The van der Waals surface area contributed by atoms with Crippen LogP contribution in [0.5, 0.6) is 0 Å². The monoisotopic (exact) mass is 302 g/mol. The average Bonchev–Trinajstić information content (AvgIpc) is 2.01. The van der Waals surface area contributed by atoms with E-state index >= 15 is 0 Å². The molecule has 0 radical (unpaired) electrons. The van der Waals surface area contributed by atoms with E-state index in [2.05, 4.69) is 27.5 Å². The largest absolute Gasteiger partial charge is 0.385 e. The third-order valence-corrected chi connectivity index (χ3v) is 2.59. The molecule has 0 saturated heterocycles. The SMILES string of the molecule is O=C(c1c(Cl)cccc1Br)C(F)(F)Cl. The van der Waals surface area contributed by atoms with Crippen molar-refractivity contribution < 1.29 is 13.6 Å². The van der Waals surface area contributed by atoms with E-state index < -0.39 is 11.2 Å². The molecule has 0 fully saturated rings. The minimum absolute atomic E-state index is 0.0651. The van der Waals surface area contributed by atoms with Crippen molar-refractivity contribution in [2.24, 2.45) is 0 Å². The molecule has 0 unspecified atom stereocenters. The average molecular weight is 304 g/mol. The Morgan fingerprint density at radius 2 is 2.00 bits per heavy atom. The molecule has 0 aliphatic heterocycles. The summed E-state index contributed by atoms with van der Waals surface area (Å²) in [6, 6.07) is 4.29. The molecule has 0 spiro atoms. The molecule has 0 aromatic heterocycles. The Balaban J connectivity index is 3.26. The predicted octanol–water partition coefficient (Wildman–Crippen LogP) is 4.12. The molecule has 1 nitrogen and oxygen atoms in total. The number of benzene rings is 1. The fourth-order valence-corrected chi connectivity index (χ4v) is 1.87. The summed E-state index contributed by atoms with van der Waals surface area (Å²) in [7, 11) is 0. The Morgan fingerprint density at radius 3 is 2.43 bits per heavy atom. The number of carbonyl (C=O) groups excluding carboxylic acids is 1. The molecule has 6 heteroatoms. The first-order chi connectivity index (χ1) is 6.34. The fraction of sp³-hybridized carbons (Fsp3) is 0.125. The lowest BCUT2D eigenvalue weighted by atomic mass is 10.1. The normalized spacial score (nSPS) is 11.5. The van der Waals surface area contributed by atoms with E-state index in [1.807, 2.05) is 0 Å². The molecule has 0 atom stereocenters. The van der Waals surface area contributed by atoms with Gasteiger partial charge in [0.05, 0.1) is 10.6 Å². The van der Waals surface area contributed by atoms with Crippen LogP contribution in [-0.2, 0) is 0 Å². The van der Waals surface area contributed by atoms with Gasteiger partial charge in [-0.05, 0) is 39.7 Å². The number of rotatable bonds is 2. The van der Waals surface area contributed by atoms with Crippen LogP contribution in [0.25, 0.3) is 0 Å². The van der Waals surface area contributed by atoms with E-state index in [9.17, 15) is 13.6 Å². The number of ketones is 1. The molecule has 14 heavy (non-hydrogen) atoms. The molecule has 0 saturated carbocycles. The van der Waals surface area contributed by atoms with Gasteiger partial charge in [-0.25, -0.2) is 0 Å². The maximum Gasteiger partial charge on any atom is 0.385 e. The van der Waals surface area contributed by atoms with E-state index in [0.29, 0.717) is 0 Å². The predicted molar refractivity (Wildman–Crippen MR) is 54.3 cm³/mol. The lowest BCUT2D eigenvalue weighted by molar-refractivity contribution is 0.0535. The summed E-state index contributed by atoms with van der Waals surface area (Å²) in [6.07, 6.45) is 0. The van der Waals surface area contributed by atoms with Gasteiger partial charge in [-0.1, -0.05) is 17.7 Å². The van der Waals surface area contributed by atoms with Gasteiger partial charge < -0.3 is 0 Å². The van der Waals surface area contributed by atoms with Gasteiger partial charge in [-0.3, -0.25) is 4.79 Å². The third kappa shape index (κ3) is 2.43. The zero-order chi connectivity index (χ0) is 10.9. The second-order valence-electron chi connectivity index (χ2n) is 2.42. The topological polar surface area (TPSA) is 17.1 Å². The van der Waals surface area contributed by atoms with Crippen molar-refractivity contribution >= 4 is 44.9 Å². The van der Waals surface area contributed by atoms with E-state index in [-0.39, 0.29) is 15.1 Å². The van der Waals surface area contributed by atoms with Crippen molar-refractivity contribution in [2.75, 3.05) is 0 Å².